The summed E-state index contributed by atoms with van der Waals surface area (Å²) >= 11 is 0. The van der Waals surface area contributed by atoms with E-state index >= 15 is 0 Å². The highest BCUT2D eigenvalue weighted by Crippen LogP contribution is 2.28. The van der Waals surface area contributed by atoms with Crippen LogP contribution in [0.5, 0.6) is 0 Å². The Balaban J connectivity index is 2.26. The molecule has 25 heavy (non-hydrogen) atoms. The van der Waals surface area contributed by atoms with Crippen molar-refractivity contribution in [2.45, 2.75) is 43.8 Å². The van der Waals surface area contributed by atoms with Crippen molar-refractivity contribution in [2.24, 2.45) is 0 Å². The number of hydrogen-bond acceptors (Lipinski definition) is 8. The van der Waals surface area contributed by atoms with Gasteiger partial charge in [0.1, 0.15) is 12.2 Å². The summed E-state index contributed by atoms with van der Waals surface area (Å²) in [7, 11) is 1.81. The Morgan fingerprint density at radius 1 is 1.36 bits per heavy atom. The van der Waals surface area contributed by atoms with Crippen LogP contribution in [-0.4, -0.2) is 63.7 Å². The quantitative estimate of drug-likeness (QED) is 0.226. The molecule has 1 aromatic rings. The fourth-order valence-electron chi connectivity index (χ4n) is 2.70. The fourth-order valence-corrected chi connectivity index (χ4v) is 2.70. The van der Waals surface area contributed by atoms with Crippen LogP contribution in [0.1, 0.15) is 24.6 Å². The van der Waals surface area contributed by atoms with Crippen molar-refractivity contribution in [3.8, 4) is 0 Å². The Labute approximate surface area is 142 Å². The molecule has 138 valence electrons. The van der Waals surface area contributed by atoms with E-state index in [-0.39, 0.29) is 6.29 Å². The van der Waals surface area contributed by atoms with E-state index < -0.39 is 41.6 Å². The third-order valence-corrected chi connectivity index (χ3v) is 4.07. The number of H-pyrrole nitrogens is 1. The summed E-state index contributed by atoms with van der Waals surface area (Å²) in [6, 6.07) is 0. The summed E-state index contributed by atoms with van der Waals surface area (Å²) in [5.74, 6) is -1.04. The smallest absolute Gasteiger partial charge is 0.330 e. The summed E-state index contributed by atoms with van der Waals surface area (Å²) in [5, 5.41) is 22.9. The van der Waals surface area contributed by atoms with Crippen LogP contribution in [-0.2, 0) is 20.7 Å². The molecule has 4 atom stereocenters. The molecule has 1 aliphatic rings. The molecule has 0 aliphatic carbocycles. The minimum absolute atomic E-state index is 0.0220. The van der Waals surface area contributed by atoms with E-state index in [0.717, 1.165) is 17.5 Å². The Bertz CT molecular complexity index is 741. The van der Waals surface area contributed by atoms with Crippen LogP contribution in [0, 0.1) is 0 Å². The highest BCUT2D eigenvalue weighted by Gasteiger charge is 2.47. The molecule has 0 amide bonds. The number of rotatable bonds is 8. The molecular formula is C15H21N3O7. The van der Waals surface area contributed by atoms with Crippen LogP contribution in [0.4, 0.5) is 0 Å². The summed E-state index contributed by atoms with van der Waals surface area (Å²) < 4.78 is 6.11. The van der Waals surface area contributed by atoms with E-state index in [1.165, 1.54) is 6.20 Å². The number of carbonyl (C=O) groups excluding carboxylic acids is 2. The van der Waals surface area contributed by atoms with Gasteiger partial charge in [-0.15, -0.1) is 0 Å². The second-order valence-corrected chi connectivity index (χ2v) is 5.83. The van der Waals surface area contributed by atoms with Gasteiger partial charge in [-0.05, 0) is 32.9 Å². The molecule has 1 fully saturated rings. The molecule has 4 unspecified atom stereocenters. The summed E-state index contributed by atoms with van der Waals surface area (Å²) in [6.07, 6.45) is -3.05. The Morgan fingerprint density at radius 2 is 2.08 bits per heavy atom. The Morgan fingerprint density at radius 3 is 2.72 bits per heavy atom. The molecule has 10 heteroatoms. The highest BCUT2D eigenvalue weighted by molar-refractivity contribution is 6.27. The number of aromatic amines is 1. The average molecular weight is 355 g/mol. The molecule has 1 aromatic heterocycles. The number of ketones is 1. The van der Waals surface area contributed by atoms with Crippen molar-refractivity contribution in [2.75, 3.05) is 13.6 Å². The van der Waals surface area contributed by atoms with Gasteiger partial charge in [-0.25, -0.2) is 4.79 Å². The predicted octanol–water partition coefficient (Wildman–Crippen LogP) is -2.53. The van der Waals surface area contributed by atoms with Crippen molar-refractivity contribution in [1.82, 2.24) is 14.9 Å². The van der Waals surface area contributed by atoms with Gasteiger partial charge in [0.15, 0.2) is 18.6 Å². The van der Waals surface area contributed by atoms with Gasteiger partial charge in [0.05, 0.1) is 0 Å². The van der Waals surface area contributed by atoms with Gasteiger partial charge in [0.2, 0.25) is 5.78 Å². The van der Waals surface area contributed by atoms with E-state index in [0.29, 0.717) is 18.4 Å². The zero-order valence-corrected chi connectivity index (χ0v) is 13.7. The summed E-state index contributed by atoms with van der Waals surface area (Å²) in [5.41, 5.74) is -1.08. The number of Topliss-reactive ketones (excluding diaryl/α,β-unsaturated/α-hetero) is 1. The van der Waals surface area contributed by atoms with E-state index in [2.05, 4.69) is 10.3 Å². The van der Waals surface area contributed by atoms with Crippen LogP contribution in [0.15, 0.2) is 15.8 Å². The lowest BCUT2D eigenvalue weighted by atomic mass is 10.1. The lowest BCUT2D eigenvalue weighted by molar-refractivity contribution is -0.141. The van der Waals surface area contributed by atoms with Gasteiger partial charge in [-0.3, -0.25) is 23.9 Å². The molecule has 2 heterocycles. The molecule has 2 rings (SSSR count). The maximum atomic E-state index is 12.0. The Hall–Kier alpha value is -2.14. The van der Waals surface area contributed by atoms with E-state index in [1.807, 2.05) is 7.05 Å². The van der Waals surface area contributed by atoms with E-state index in [9.17, 15) is 29.4 Å². The lowest BCUT2D eigenvalue weighted by Gasteiger charge is -2.17. The standard InChI is InChI=1S/C15H21N3O7/c1-16-5-3-2-4-8-6-18(15(24)17-13(8)23)14-11(22)10(21)12(25-14)9(20)7-19/h6-7,10-12,14,16,21-22H,2-5H2,1H3,(H,17,23,24). The topological polar surface area (TPSA) is 151 Å². The van der Waals surface area contributed by atoms with Crippen molar-refractivity contribution in [1.29, 1.82) is 0 Å². The first-order chi connectivity index (χ1) is 11.9. The SMILES string of the molecule is CNCCCCc1cn(C2OC(C(=O)C=O)C(O)C2O)c(=O)[nH]c1=O. The molecule has 4 N–H and O–H groups in total. The molecule has 0 spiro atoms. The molecule has 1 aliphatic heterocycles. The first-order valence-corrected chi connectivity index (χ1v) is 7.90. The number of carbonyl (C=O) groups is 2. The number of aromatic nitrogens is 2. The zero-order valence-electron chi connectivity index (χ0n) is 13.7. The van der Waals surface area contributed by atoms with Crippen LogP contribution in [0.25, 0.3) is 0 Å². The van der Waals surface area contributed by atoms with Gasteiger partial charge in [0.25, 0.3) is 5.56 Å². The van der Waals surface area contributed by atoms with Crippen molar-refractivity contribution < 1.29 is 24.5 Å². The van der Waals surface area contributed by atoms with Crippen LogP contribution < -0.4 is 16.6 Å². The molecular weight excluding hydrogens is 334 g/mol. The van der Waals surface area contributed by atoms with Crippen LogP contribution in [0.2, 0.25) is 0 Å². The maximum Gasteiger partial charge on any atom is 0.330 e. The second kappa shape index (κ2) is 8.30. The van der Waals surface area contributed by atoms with Crippen molar-refractivity contribution in [3.63, 3.8) is 0 Å². The van der Waals surface area contributed by atoms with Gasteiger partial charge in [0, 0.05) is 11.8 Å². The molecule has 10 nitrogen and oxygen atoms in total. The number of nitrogens with one attached hydrogen (secondary N) is 2. The minimum Gasteiger partial charge on any atom is -0.387 e. The normalized spacial score (nSPS) is 25.9. The number of ether oxygens (including phenoxy) is 1. The predicted molar refractivity (Wildman–Crippen MR) is 85.2 cm³/mol. The summed E-state index contributed by atoms with van der Waals surface area (Å²) in [6.45, 7) is 0.781. The number of unbranched alkanes of at least 4 members (excludes halogenated alkanes) is 1. The monoisotopic (exact) mass is 355 g/mol. The highest BCUT2D eigenvalue weighted by atomic mass is 16.6. The first kappa shape index (κ1) is 19.2. The second-order valence-electron chi connectivity index (χ2n) is 5.83. The molecule has 0 saturated carbocycles. The number of aldehydes is 1. The van der Waals surface area contributed by atoms with Crippen LogP contribution in [0.3, 0.4) is 0 Å². The third-order valence-electron chi connectivity index (χ3n) is 4.07. The average Bonchev–Trinajstić information content (AvgIpc) is 2.88. The van der Waals surface area contributed by atoms with Crippen LogP contribution >= 0.6 is 0 Å². The van der Waals surface area contributed by atoms with Crippen molar-refractivity contribution in [3.05, 3.63) is 32.6 Å². The number of hydrogen-bond donors (Lipinski definition) is 4. The molecule has 0 bridgehead atoms. The molecule has 0 radical (unpaired) electrons. The van der Waals surface area contributed by atoms with Gasteiger partial charge in [-0.1, -0.05) is 0 Å². The van der Waals surface area contributed by atoms with Gasteiger partial charge in [-0.2, -0.15) is 0 Å². The maximum absolute atomic E-state index is 12.0. The number of nitrogens with zero attached hydrogens (tertiary/aromatic N) is 1. The fraction of sp³-hybridized carbons (Fsp3) is 0.600. The van der Waals surface area contributed by atoms with E-state index in [1.54, 1.807) is 0 Å². The van der Waals surface area contributed by atoms with Gasteiger partial charge >= 0.3 is 5.69 Å². The van der Waals surface area contributed by atoms with Gasteiger partial charge < -0.3 is 20.3 Å². The first-order valence-electron chi connectivity index (χ1n) is 7.90. The number of aryl methyl sites for hydroxylation is 1. The minimum atomic E-state index is -1.65. The molecule has 1 saturated heterocycles. The largest absolute Gasteiger partial charge is 0.387 e. The third kappa shape index (κ3) is 4.10. The Kier molecular flexibility index (Phi) is 6.37. The van der Waals surface area contributed by atoms with E-state index in [4.69, 9.17) is 4.74 Å². The number of aliphatic hydroxyl groups is 2. The zero-order chi connectivity index (χ0) is 18.6. The van der Waals surface area contributed by atoms with Crippen molar-refractivity contribution >= 4 is 12.1 Å². The lowest BCUT2D eigenvalue weighted by Crippen LogP contribution is -2.39. The molecule has 0 aromatic carbocycles. The number of aliphatic hydroxyl groups excluding tert-OH is 2. The summed E-state index contributed by atoms with van der Waals surface area (Å²) in [4.78, 5) is 48.1.